The third-order valence-electron chi connectivity index (χ3n) is 5.66. The number of carbonyl (C=O) groups excluding carboxylic acids is 2. The van der Waals surface area contributed by atoms with Gasteiger partial charge < -0.3 is 15.5 Å². The topological polar surface area (TPSA) is 61.4 Å². The van der Waals surface area contributed by atoms with Gasteiger partial charge in [0, 0.05) is 36.0 Å². The SMILES string of the molecule is CC(=O)N1CCc2c(NC(=O)NC3(c4c(F)cccc4F)CCC3)cccc21. The maximum atomic E-state index is 14.3. The number of carbonyl (C=O) groups is 2. The molecule has 0 radical (unpaired) electrons. The molecule has 1 aliphatic carbocycles. The van der Waals surface area contributed by atoms with Crippen LogP contribution in [0, 0.1) is 11.6 Å². The first-order valence-electron chi connectivity index (χ1n) is 9.35. The van der Waals surface area contributed by atoms with Crippen LogP contribution in [0.4, 0.5) is 25.0 Å². The number of hydrogen-bond donors (Lipinski definition) is 2. The van der Waals surface area contributed by atoms with E-state index in [9.17, 15) is 18.4 Å². The molecule has 0 saturated heterocycles. The van der Waals surface area contributed by atoms with Crippen molar-refractivity contribution in [3.05, 3.63) is 59.2 Å². The molecule has 0 unspecified atom stereocenters. The largest absolute Gasteiger partial charge is 0.328 e. The molecule has 0 bridgehead atoms. The van der Waals surface area contributed by atoms with Crippen molar-refractivity contribution in [1.29, 1.82) is 0 Å². The van der Waals surface area contributed by atoms with Gasteiger partial charge in [-0.05, 0) is 49.9 Å². The number of benzene rings is 2. The standard InChI is InChI=1S/C21H21F2N3O2/c1-13(27)26-12-9-14-17(7-3-8-18(14)26)24-20(28)25-21(10-4-11-21)19-15(22)5-2-6-16(19)23/h2-3,5-8H,4,9-12H2,1H3,(H2,24,25,28). The molecule has 7 heteroatoms. The third kappa shape index (κ3) is 3.00. The average molecular weight is 385 g/mol. The third-order valence-corrected chi connectivity index (χ3v) is 5.66. The number of urea groups is 1. The van der Waals surface area contributed by atoms with E-state index in [1.807, 2.05) is 6.07 Å². The Bertz CT molecular complexity index is 936. The number of nitrogens with zero attached hydrogens (tertiary/aromatic N) is 1. The molecule has 1 fully saturated rings. The fourth-order valence-corrected chi connectivity index (χ4v) is 4.17. The molecule has 146 valence electrons. The number of fused-ring (bicyclic) bond motifs is 1. The van der Waals surface area contributed by atoms with Crippen LogP contribution in [-0.2, 0) is 16.8 Å². The molecule has 2 aromatic rings. The molecule has 4 rings (SSSR count). The summed E-state index contributed by atoms with van der Waals surface area (Å²) in [5, 5.41) is 5.59. The minimum Gasteiger partial charge on any atom is -0.328 e. The Balaban J connectivity index is 1.56. The zero-order valence-electron chi connectivity index (χ0n) is 15.5. The number of anilines is 2. The van der Waals surface area contributed by atoms with Crippen molar-refractivity contribution in [3.63, 3.8) is 0 Å². The van der Waals surface area contributed by atoms with Crippen molar-refractivity contribution in [3.8, 4) is 0 Å². The smallest absolute Gasteiger partial charge is 0.319 e. The maximum Gasteiger partial charge on any atom is 0.319 e. The highest BCUT2D eigenvalue weighted by atomic mass is 19.1. The second-order valence-corrected chi connectivity index (χ2v) is 7.34. The van der Waals surface area contributed by atoms with Gasteiger partial charge in [-0.3, -0.25) is 4.79 Å². The zero-order chi connectivity index (χ0) is 19.9. The Morgan fingerprint density at radius 1 is 1.07 bits per heavy atom. The molecular formula is C21H21F2N3O2. The van der Waals surface area contributed by atoms with Gasteiger partial charge in [-0.25, -0.2) is 13.6 Å². The second-order valence-electron chi connectivity index (χ2n) is 7.34. The van der Waals surface area contributed by atoms with Gasteiger partial charge in [0.2, 0.25) is 5.91 Å². The molecule has 0 aromatic heterocycles. The number of rotatable bonds is 3. The summed E-state index contributed by atoms with van der Waals surface area (Å²) >= 11 is 0. The molecule has 0 spiro atoms. The van der Waals surface area contributed by atoms with E-state index in [4.69, 9.17) is 0 Å². The molecule has 2 aromatic carbocycles. The fourth-order valence-electron chi connectivity index (χ4n) is 4.17. The summed E-state index contributed by atoms with van der Waals surface area (Å²) < 4.78 is 28.6. The lowest BCUT2D eigenvalue weighted by atomic mass is 9.71. The van der Waals surface area contributed by atoms with E-state index >= 15 is 0 Å². The van der Waals surface area contributed by atoms with Crippen LogP contribution < -0.4 is 15.5 Å². The summed E-state index contributed by atoms with van der Waals surface area (Å²) in [6, 6.07) is 8.59. The molecule has 5 nitrogen and oxygen atoms in total. The summed E-state index contributed by atoms with van der Waals surface area (Å²) in [6.45, 7) is 2.07. The number of halogens is 2. The van der Waals surface area contributed by atoms with Crippen molar-refractivity contribution >= 4 is 23.3 Å². The lowest BCUT2D eigenvalue weighted by molar-refractivity contribution is -0.116. The summed E-state index contributed by atoms with van der Waals surface area (Å²) in [5.74, 6) is -1.36. The van der Waals surface area contributed by atoms with E-state index < -0.39 is 23.2 Å². The Morgan fingerprint density at radius 3 is 2.36 bits per heavy atom. The minimum absolute atomic E-state index is 0.0520. The van der Waals surface area contributed by atoms with E-state index in [0.29, 0.717) is 31.5 Å². The van der Waals surface area contributed by atoms with Gasteiger partial charge in [0.05, 0.1) is 5.54 Å². The highest BCUT2D eigenvalue weighted by Gasteiger charge is 2.44. The quantitative estimate of drug-likeness (QED) is 0.837. The Labute approximate surface area is 161 Å². The lowest BCUT2D eigenvalue weighted by Gasteiger charge is -2.43. The van der Waals surface area contributed by atoms with E-state index in [1.54, 1.807) is 17.0 Å². The van der Waals surface area contributed by atoms with E-state index in [1.165, 1.54) is 25.1 Å². The van der Waals surface area contributed by atoms with Gasteiger partial charge >= 0.3 is 6.03 Å². The molecule has 28 heavy (non-hydrogen) atoms. The van der Waals surface area contributed by atoms with Crippen molar-refractivity contribution in [2.24, 2.45) is 0 Å². The highest BCUT2D eigenvalue weighted by Crippen LogP contribution is 2.43. The minimum atomic E-state index is -1.04. The summed E-state index contributed by atoms with van der Waals surface area (Å²) in [5.41, 5.74) is 1.14. The first-order valence-corrected chi connectivity index (χ1v) is 9.35. The van der Waals surface area contributed by atoms with Crippen LogP contribution in [0.25, 0.3) is 0 Å². The molecule has 2 aliphatic rings. The second kappa shape index (κ2) is 6.89. The predicted molar refractivity (Wildman–Crippen MR) is 102 cm³/mol. The van der Waals surface area contributed by atoms with Gasteiger partial charge in [0.1, 0.15) is 11.6 Å². The van der Waals surface area contributed by atoms with Crippen molar-refractivity contribution in [1.82, 2.24) is 5.32 Å². The molecule has 0 atom stereocenters. The number of amides is 3. The first kappa shape index (κ1) is 18.4. The zero-order valence-corrected chi connectivity index (χ0v) is 15.5. The highest BCUT2D eigenvalue weighted by molar-refractivity contribution is 5.97. The molecule has 1 heterocycles. The number of hydrogen-bond acceptors (Lipinski definition) is 2. The van der Waals surface area contributed by atoms with Gasteiger partial charge in [-0.1, -0.05) is 12.1 Å². The van der Waals surface area contributed by atoms with Crippen molar-refractivity contribution in [2.45, 2.75) is 38.1 Å². The molecule has 1 aliphatic heterocycles. The van der Waals surface area contributed by atoms with Gasteiger partial charge in [0.15, 0.2) is 0 Å². The van der Waals surface area contributed by atoms with Crippen molar-refractivity contribution in [2.75, 3.05) is 16.8 Å². The molecular weight excluding hydrogens is 364 g/mol. The van der Waals surface area contributed by atoms with Crippen molar-refractivity contribution < 1.29 is 18.4 Å². The molecule has 1 saturated carbocycles. The summed E-state index contributed by atoms with van der Waals surface area (Å²) in [4.78, 5) is 26.1. The van der Waals surface area contributed by atoms with Crippen LogP contribution >= 0.6 is 0 Å². The molecule has 3 amide bonds. The van der Waals surface area contributed by atoms with Crippen LogP contribution in [0.3, 0.4) is 0 Å². The van der Waals surface area contributed by atoms with E-state index in [0.717, 1.165) is 17.7 Å². The van der Waals surface area contributed by atoms with Crippen LogP contribution in [0.5, 0.6) is 0 Å². The monoisotopic (exact) mass is 385 g/mol. The number of nitrogens with one attached hydrogen (secondary N) is 2. The van der Waals surface area contributed by atoms with E-state index in [-0.39, 0.29) is 11.5 Å². The Kier molecular flexibility index (Phi) is 4.53. The first-order chi connectivity index (χ1) is 13.4. The fraction of sp³-hybridized carbons (Fsp3) is 0.333. The predicted octanol–water partition coefficient (Wildman–Crippen LogP) is 4.07. The normalized spacial score (nSPS) is 16.9. The Morgan fingerprint density at radius 2 is 1.75 bits per heavy atom. The maximum absolute atomic E-state index is 14.3. The summed E-state index contributed by atoms with van der Waals surface area (Å²) in [7, 11) is 0. The Hall–Kier alpha value is -2.96. The molecule has 2 N–H and O–H groups in total. The lowest BCUT2D eigenvalue weighted by Crippen LogP contribution is -2.53. The van der Waals surface area contributed by atoms with Crippen LogP contribution in [-0.4, -0.2) is 18.5 Å². The van der Waals surface area contributed by atoms with Crippen LogP contribution in [0.15, 0.2) is 36.4 Å². The van der Waals surface area contributed by atoms with Gasteiger partial charge in [0.25, 0.3) is 0 Å². The summed E-state index contributed by atoms with van der Waals surface area (Å²) in [6.07, 6.45) is 2.37. The average Bonchev–Trinajstić information content (AvgIpc) is 3.04. The van der Waals surface area contributed by atoms with Crippen LogP contribution in [0.2, 0.25) is 0 Å². The van der Waals surface area contributed by atoms with E-state index in [2.05, 4.69) is 10.6 Å². The van der Waals surface area contributed by atoms with Crippen LogP contribution in [0.1, 0.15) is 37.3 Å². The van der Waals surface area contributed by atoms with Gasteiger partial charge in [-0.15, -0.1) is 0 Å². The van der Waals surface area contributed by atoms with Gasteiger partial charge in [-0.2, -0.15) is 0 Å².